The van der Waals surface area contributed by atoms with Crippen LogP contribution in [0.5, 0.6) is 0 Å². The number of rotatable bonds is 7. The predicted molar refractivity (Wildman–Crippen MR) is 125 cm³/mol. The summed E-state index contributed by atoms with van der Waals surface area (Å²) < 4.78 is 42.6. The molecule has 2 N–H and O–H groups in total. The highest BCUT2D eigenvalue weighted by Crippen LogP contribution is 2.45. The number of hydrogen-bond acceptors (Lipinski definition) is 6. The topological polar surface area (TPSA) is 83.0 Å². The second-order valence-electron chi connectivity index (χ2n) is 9.36. The van der Waals surface area contributed by atoms with E-state index in [-0.39, 0.29) is 48.3 Å². The lowest BCUT2D eigenvalue weighted by Crippen LogP contribution is -2.57. The summed E-state index contributed by atoms with van der Waals surface area (Å²) in [5, 5.41) is 14.2. The first-order chi connectivity index (χ1) is 16.8. The van der Waals surface area contributed by atoms with Crippen LogP contribution in [-0.4, -0.2) is 64.9 Å². The summed E-state index contributed by atoms with van der Waals surface area (Å²) >= 11 is 0. The fourth-order valence-electron chi connectivity index (χ4n) is 4.74. The molecule has 2 fully saturated rings. The van der Waals surface area contributed by atoms with Crippen molar-refractivity contribution in [3.05, 3.63) is 71.6 Å². The van der Waals surface area contributed by atoms with E-state index in [1.807, 2.05) is 7.05 Å². The minimum atomic E-state index is -1.01. The zero-order chi connectivity index (χ0) is 24.6. The summed E-state index contributed by atoms with van der Waals surface area (Å²) in [5.41, 5.74) is 0.230. The third kappa shape index (κ3) is 4.70. The van der Waals surface area contributed by atoms with E-state index >= 15 is 0 Å². The van der Waals surface area contributed by atoms with Gasteiger partial charge in [0.25, 0.3) is 5.91 Å². The number of halogens is 3. The largest absolute Gasteiger partial charge is 0.368 e. The van der Waals surface area contributed by atoms with Crippen LogP contribution in [0.15, 0.2) is 48.7 Å². The van der Waals surface area contributed by atoms with E-state index in [1.165, 1.54) is 36.5 Å². The van der Waals surface area contributed by atoms with Gasteiger partial charge in [-0.1, -0.05) is 0 Å². The molecule has 1 aliphatic heterocycles. The smallest absolute Gasteiger partial charge is 0.251 e. The number of likely N-dealkylation sites (tertiary alicyclic amines) is 1. The molecular formula is C25H25F3N6O. The van der Waals surface area contributed by atoms with Crippen molar-refractivity contribution in [3.8, 4) is 11.3 Å². The van der Waals surface area contributed by atoms with Crippen LogP contribution in [0.4, 0.5) is 19.0 Å². The third-order valence-electron chi connectivity index (χ3n) is 6.66. The van der Waals surface area contributed by atoms with E-state index < -0.39 is 23.2 Å². The number of hydrogen-bond donors (Lipinski definition) is 2. The van der Waals surface area contributed by atoms with Crippen LogP contribution >= 0.6 is 0 Å². The van der Waals surface area contributed by atoms with E-state index in [4.69, 9.17) is 0 Å². The number of carbonyl (C=O) groups is 1. The molecule has 0 radical (unpaired) electrons. The van der Waals surface area contributed by atoms with Gasteiger partial charge in [-0.3, -0.25) is 9.78 Å². The number of amides is 1. The van der Waals surface area contributed by atoms with Crippen LogP contribution in [-0.2, 0) is 5.41 Å². The lowest BCUT2D eigenvalue weighted by molar-refractivity contribution is 0.0857. The predicted octanol–water partition coefficient (Wildman–Crippen LogP) is 3.34. The molecule has 1 aromatic carbocycles. The van der Waals surface area contributed by atoms with Gasteiger partial charge in [0, 0.05) is 42.4 Å². The summed E-state index contributed by atoms with van der Waals surface area (Å²) in [7, 11) is 1.97. The van der Waals surface area contributed by atoms with Crippen LogP contribution in [0.2, 0.25) is 0 Å². The maximum absolute atomic E-state index is 14.5. The zero-order valence-electron chi connectivity index (χ0n) is 19.1. The summed E-state index contributed by atoms with van der Waals surface area (Å²) in [5.74, 6) is -0.871. The second kappa shape index (κ2) is 9.26. The first-order valence-electron chi connectivity index (χ1n) is 11.4. The van der Waals surface area contributed by atoms with E-state index in [1.54, 1.807) is 12.1 Å². The van der Waals surface area contributed by atoms with Gasteiger partial charge >= 0.3 is 0 Å². The Morgan fingerprint density at radius 2 is 1.91 bits per heavy atom. The van der Waals surface area contributed by atoms with Crippen molar-refractivity contribution in [2.45, 2.75) is 30.5 Å². The van der Waals surface area contributed by atoms with E-state index in [0.29, 0.717) is 11.4 Å². The molecule has 10 heteroatoms. The second-order valence-corrected chi connectivity index (χ2v) is 9.36. The van der Waals surface area contributed by atoms with Gasteiger partial charge in [-0.05, 0) is 62.4 Å². The van der Waals surface area contributed by atoms with Crippen molar-refractivity contribution < 1.29 is 18.0 Å². The molecule has 182 valence electrons. The monoisotopic (exact) mass is 482 g/mol. The van der Waals surface area contributed by atoms with Gasteiger partial charge in [0.1, 0.15) is 23.6 Å². The van der Waals surface area contributed by atoms with E-state index in [0.717, 1.165) is 13.1 Å². The highest BCUT2D eigenvalue weighted by atomic mass is 19.1. The lowest BCUT2D eigenvalue weighted by atomic mass is 9.65. The molecular weight excluding hydrogens is 457 g/mol. The molecule has 7 nitrogen and oxygen atoms in total. The molecule has 0 spiro atoms. The number of likely N-dealkylation sites (N-methyl/N-ethyl adjacent to an activating group) is 1. The highest BCUT2D eigenvalue weighted by molar-refractivity contribution is 5.95. The molecule has 0 bridgehead atoms. The fourth-order valence-corrected chi connectivity index (χ4v) is 4.74. The molecule has 3 aromatic rings. The highest BCUT2D eigenvalue weighted by Gasteiger charge is 2.48. The Labute approximate surface area is 200 Å². The standard InChI is InChI=1S/C25H25F3N6O/c1-34-12-17(13-34)31-24(35)15-4-5-19(27)18(9-15)21-6-7-22(33-32-21)30-14-25(10-16(26)11-25)23-20(28)3-2-8-29-23/h2-9,16-17H,10-14H2,1H3,(H,30,33)(H,31,35). The fraction of sp³-hybridized carbons (Fsp3) is 0.360. The molecule has 35 heavy (non-hydrogen) atoms. The summed E-state index contributed by atoms with van der Waals surface area (Å²) in [6.07, 6.45) is 0.811. The maximum Gasteiger partial charge on any atom is 0.251 e. The van der Waals surface area contributed by atoms with Crippen molar-refractivity contribution in [3.63, 3.8) is 0 Å². The number of aromatic nitrogens is 3. The molecule has 2 aromatic heterocycles. The average molecular weight is 483 g/mol. The Bertz CT molecular complexity index is 1230. The lowest BCUT2D eigenvalue weighted by Gasteiger charge is -2.44. The van der Waals surface area contributed by atoms with Crippen LogP contribution < -0.4 is 10.6 Å². The van der Waals surface area contributed by atoms with Crippen LogP contribution in [0.1, 0.15) is 28.9 Å². The van der Waals surface area contributed by atoms with Crippen molar-refractivity contribution in [1.29, 1.82) is 0 Å². The molecule has 1 saturated heterocycles. The minimum Gasteiger partial charge on any atom is -0.368 e. The first-order valence-corrected chi connectivity index (χ1v) is 11.4. The number of carbonyl (C=O) groups excluding carboxylic acids is 1. The van der Waals surface area contributed by atoms with Crippen molar-refractivity contribution in [1.82, 2.24) is 25.4 Å². The van der Waals surface area contributed by atoms with Gasteiger partial charge in [-0.25, -0.2) is 13.2 Å². The maximum atomic E-state index is 14.5. The van der Waals surface area contributed by atoms with Crippen LogP contribution in [0.3, 0.4) is 0 Å². The minimum absolute atomic E-state index is 0.0809. The Balaban J connectivity index is 1.28. The summed E-state index contributed by atoms with van der Waals surface area (Å²) in [4.78, 5) is 18.8. The van der Waals surface area contributed by atoms with Crippen molar-refractivity contribution in [2.24, 2.45) is 0 Å². The summed E-state index contributed by atoms with van der Waals surface area (Å²) in [6.45, 7) is 1.79. The van der Waals surface area contributed by atoms with Crippen molar-refractivity contribution >= 4 is 11.7 Å². The number of anilines is 1. The quantitative estimate of drug-likeness (QED) is 0.538. The third-order valence-corrected chi connectivity index (χ3v) is 6.66. The molecule has 0 unspecified atom stereocenters. The van der Waals surface area contributed by atoms with Gasteiger partial charge < -0.3 is 15.5 Å². The number of alkyl halides is 1. The number of nitrogens with zero attached hydrogens (tertiary/aromatic N) is 4. The molecule has 3 heterocycles. The average Bonchev–Trinajstić information content (AvgIpc) is 2.81. The Morgan fingerprint density at radius 1 is 1.11 bits per heavy atom. The molecule has 1 amide bonds. The van der Waals surface area contributed by atoms with Crippen LogP contribution in [0.25, 0.3) is 11.3 Å². The van der Waals surface area contributed by atoms with Gasteiger partial charge in [0.05, 0.1) is 17.4 Å². The summed E-state index contributed by atoms with van der Waals surface area (Å²) in [6, 6.07) is 10.2. The molecule has 1 aliphatic carbocycles. The molecule has 1 saturated carbocycles. The number of benzene rings is 1. The normalized spacial score (nSPS) is 22.2. The Morgan fingerprint density at radius 3 is 2.57 bits per heavy atom. The van der Waals surface area contributed by atoms with Gasteiger partial charge in [0.15, 0.2) is 0 Å². The van der Waals surface area contributed by atoms with Gasteiger partial charge in [-0.15, -0.1) is 10.2 Å². The number of nitrogens with one attached hydrogen (secondary N) is 2. The van der Waals surface area contributed by atoms with Crippen molar-refractivity contribution in [2.75, 3.05) is 32.0 Å². The van der Waals surface area contributed by atoms with E-state index in [2.05, 4.69) is 30.7 Å². The molecule has 0 atom stereocenters. The van der Waals surface area contributed by atoms with Gasteiger partial charge in [0.2, 0.25) is 0 Å². The van der Waals surface area contributed by atoms with Crippen LogP contribution in [0, 0.1) is 11.6 Å². The SMILES string of the molecule is CN1CC(NC(=O)c2ccc(F)c(-c3ccc(NCC4(c5ncccc5F)CC(F)C4)nn3)c2)C1. The molecule has 2 aliphatic rings. The zero-order valence-corrected chi connectivity index (χ0v) is 19.1. The van der Waals surface area contributed by atoms with E-state index in [9.17, 15) is 18.0 Å². The number of pyridine rings is 1. The first kappa shape index (κ1) is 23.2. The Hall–Kier alpha value is -3.53. The molecule has 5 rings (SSSR count). The van der Waals surface area contributed by atoms with Gasteiger partial charge in [-0.2, -0.15) is 0 Å². The Kier molecular flexibility index (Phi) is 6.14.